The molecule has 0 heterocycles. The van der Waals surface area contributed by atoms with Gasteiger partial charge >= 0.3 is 0 Å². The average molecular weight is 311 g/mol. The van der Waals surface area contributed by atoms with Crippen LogP contribution in [0.3, 0.4) is 0 Å². The Bertz CT molecular complexity index is 442. The molecule has 0 saturated heterocycles. The standard InChI is InChI=1S/C15H19BrO2/c1-3-18-14-8-7-11(16)9-13(14)15(17)12-6-4-5-10(12)2/h7-10,12H,3-6H2,1-2H3. The number of hydrogen-bond acceptors (Lipinski definition) is 2. The monoisotopic (exact) mass is 310 g/mol. The van der Waals surface area contributed by atoms with Crippen molar-refractivity contribution >= 4 is 21.7 Å². The molecule has 98 valence electrons. The fourth-order valence-corrected chi connectivity index (χ4v) is 3.07. The highest BCUT2D eigenvalue weighted by atomic mass is 79.9. The van der Waals surface area contributed by atoms with E-state index in [1.165, 1.54) is 0 Å². The summed E-state index contributed by atoms with van der Waals surface area (Å²) in [5.41, 5.74) is 0.727. The van der Waals surface area contributed by atoms with Gasteiger partial charge in [-0.1, -0.05) is 29.3 Å². The van der Waals surface area contributed by atoms with Crippen LogP contribution in [0.5, 0.6) is 5.75 Å². The Morgan fingerprint density at radius 1 is 1.44 bits per heavy atom. The van der Waals surface area contributed by atoms with E-state index in [0.717, 1.165) is 29.3 Å². The maximum Gasteiger partial charge on any atom is 0.169 e. The Hall–Kier alpha value is -0.830. The van der Waals surface area contributed by atoms with E-state index in [1.54, 1.807) is 0 Å². The van der Waals surface area contributed by atoms with Crippen molar-refractivity contribution in [2.24, 2.45) is 11.8 Å². The molecule has 2 unspecified atom stereocenters. The van der Waals surface area contributed by atoms with Gasteiger partial charge in [0.25, 0.3) is 0 Å². The molecule has 2 atom stereocenters. The number of halogens is 1. The van der Waals surface area contributed by atoms with E-state index in [2.05, 4.69) is 22.9 Å². The van der Waals surface area contributed by atoms with Crippen LogP contribution in [0, 0.1) is 11.8 Å². The van der Waals surface area contributed by atoms with E-state index in [9.17, 15) is 4.79 Å². The van der Waals surface area contributed by atoms with Crippen molar-refractivity contribution in [3.8, 4) is 5.75 Å². The van der Waals surface area contributed by atoms with Crippen molar-refractivity contribution in [3.63, 3.8) is 0 Å². The van der Waals surface area contributed by atoms with Gasteiger partial charge in [0, 0.05) is 10.4 Å². The molecule has 2 nitrogen and oxygen atoms in total. The maximum absolute atomic E-state index is 12.6. The quantitative estimate of drug-likeness (QED) is 0.767. The molecule has 0 amide bonds. The van der Waals surface area contributed by atoms with Gasteiger partial charge in [-0.05, 0) is 43.9 Å². The van der Waals surface area contributed by atoms with Gasteiger partial charge in [0.2, 0.25) is 0 Å². The van der Waals surface area contributed by atoms with Crippen LogP contribution in [0.2, 0.25) is 0 Å². The molecular formula is C15H19BrO2. The van der Waals surface area contributed by atoms with E-state index in [-0.39, 0.29) is 11.7 Å². The van der Waals surface area contributed by atoms with Crippen LogP contribution in [-0.2, 0) is 0 Å². The summed E-state index contributed by atoms with van der Waals surface area (Å²) in [4.78, 5) is 12.6. The Kier molecular flexibility index (Phi) is 4.44. The lowest BCUT2D eigenvalue weighted by molar-refractivity contribution is 0.0893. The summed E-state index contributed by atoms with van der Waals surface area (Å²) in [6.07, 6.45) is 3.34. The van der Waals surface area contributed by atoms with Gasteiger partial charge in [-0.15, -0.1) is 0 Å². The Labute approximate surface area is 117 Å². The molecule has 0 radical (unpaired) electrons. The number of rotatable bonds is 4. The topological polar surface area (TPSA) is 26.3 Å². The second-order valence-electron chi connectivity index (χ2n) is 4.95. The van der Waals surface area contributed by atoms with E-state index >= 15 is 0 Å². The van der Waals surface area contributed by atoms with Crippen molar-refractivity contribution in [2.45, 2.75) is 33.1 Å². The number of hydrogen-bond donors (Lipinski definition) is 0. The Balaban J connectivity index is 2.30. The summed E-state index contributed by atoms with van der Waals surface area (Å²) < 4.78 is 6.50. The Morgan fingerprint density at radius 2 is 2.22 bits per heavy atom. The second-order valence-corrected chi connectivity index (χ2v) is 5.87. The number of benzene rings is 1. The summed E-state index contributed by atoms with van der Waals surface area (Å²) in [5, 5.41) is 0. The molecule has 1 aliphatic rings. The van der Waals surface area contributed by atoms with Gasteiger partial charge in [0.1, 0.15) is 5.75 Å². The molecule has 0 N–H and O–H groups in total. The van der Waals surface area contributed by atoms with Crippen LogP contribution < -0.4 is 4.74 Å². The van der Waals surface area contributed by atoms with Crippen molar-refractivity contribution in [1.82, 2.24) is 0 Å². The number of ketones is 1. The number of Topliss-reactive ketones (excluding diaryl/α,β-unsaturated/α-hetero) is 1. The molecule has 1 fully saturated rings. The predicted octanol–water partition coefficient (Wildman–Crippen LogP) is 4.47. The summed E-state index contributed by atoms with van der Waals surface area (Å²) in [6, 6.07) is 5.68. The van der Waals surface area contributed by atoms with E-state index in [1.807, 2.05) is 25.1 Å². The molecule has 2 rings (SSSR count). The van der Waals surface area contributed by atoms with Crippen LogP contribution in [0.4, 0.5) is 0 Å². The van der Waals surface area contributed by atoms with Gasteiger partial charge in [-0.2, -0.15) is 0 Å². The first-order chi connectivity index (χ1) is 8.63. The summed E-state index contributed by atoms with van der Waals surface area (Å²) >= 11 is 3.43. The third-order valence-corrected chi connectivity index (χ3v) is 4.20. The lowest BCUT2D eigenvalue weighted by Gasteiger charge is -2.16. The summed E-state index contributed by atoms with van der Waals surface area (Å²) in [6.45, 7) is 4.70. The SMILES string of the molecule is CCOc1ccc(Br)cc1C(=O)C1CCCC1C. The van der Waals surface area contributed by atoms with Crippen molar-refractivity contribution in [3.05, 3.63) is 28.2 Å². The van der Waals surface area contributed by atoms with E-state index < -0.39 is 0 Å². The summed E-state index contributed by atoms with van der Waals surface area (Å²) in [5.74, 6) is 1.61. The van der Waals surface area contributed by atoms with Crippen LogP contribution in [0.25, 0.3) is 0 Å². The Morgan fingerprint density at radius 3 is 2.83 bits per heavy atom. The smallest absolute Gasteiger partial charge is 0.169 e. The molecule has 18 heavy (non-hydrogen) atoms. The first kappa shape index (κ1) is 13.6. The maximum atomic E-state index is 12.6. The fourth-order valence-electron chi connectivity index (χ4n) is 2.71. The van der Waals surface area contributed by atoms with Crippen LogP contribution in [0.1, 0.15) is 43.5 Å². The van der Waals surface area contributed by atoms with Crippen LogP contribution >= 0.6 is 15.9 Å². The molecule has 0 spiro atoms. The van der Waals surface area contributed by atoms with Gasteiger partial charge in [0.05, 0.1) is 12.2 Å². The molecule has 3 heteroatoms. The fraction of sp³-hybridized carbons (Fsp3) is 0.533. The number of carbonyl (C=O) groups is 1. The third kappa shape index (κ3) is 2.77. The highest BCUT2D eigenvalue weighted by Gasteiger charge is 2.31. The molecular weight excluding hydrogens is 292 g/mol. The highest BCUT2D eigenvalue weighted by Crippen LogP contribution is 2.36. The zero-order chi connectivity index (χ0) is 13.1. The molecule has 1 saturated carbocycles. The molecule has 0 bridgehead atoms. The van der Waals surface area contributed by atoms with E-state index in [4.69, 9.17) is 4.74 Å². The van der Waals surface area contributed by atoms with Gasteiger partial charge in [0.15, 0.2) is 5.78 Å². The van der Waals surface area contributed by atoms with Gasteiger partial charge in [-0.25, -0.2) is 0 Å². The third-order valence-electron chi connectivity index (χ3n) is 3.71. The van der Waals surface area contributed by atoms with E-state index in [0.29, 0.717) is 18.3 Å². The minimum atomic E-state index is 0.165. The van der Waals surface area contributed by atoms with Crippen LogP contribution in [-0.4, -0.2) is 12.4 Å². The number of carbonyl (C=O) groups excluding carboxylic acids is 1. The van der Waals surface area contributed by atoms with Crippen molar-refractivity contribution in [2.75, 3.05) is 6.61 Å². The summed E-state index contributed by atoms with van der Waals surface area (Å²) in [7, 11) is 0. The molecule has 1 aromatic rings. The molecule has 1 aromatic carbocycles. The first-order valence-electron chi connectivity index (χ1n) is 6.60. The van der Waals surface area contributed by atoms with Crippen molar-refractivity contribution < 1.29 is 9.53 Å². The number of ether oxygens (including phenoxy) is 1. The lowest BCUT2D eigenvalue weighted by Crippen LogP contribution is -2.18. The molecule has 1 aliphatic carbocycles. The second kappa shape index (κ2) is 5.87. The highest BCUT2D eigenvalue weighted by molar-refractivity contribution is 9.10. The zero-order valence-electron chi connectivity index (χ0n) is 10.9. The molecule has 0 aromatic heterocycles. The minimum Gasteiger partial charge on any atom is -0.493 e. The van der Waals surface area contributed by atoms with Crippen molar-refractivity contribution in [1.29, 1.82) is 0 Å². The van der Waals surface area contributed by atoms with Gasteiger partial charge in [-0.3, -0.25) is 4.79 Å². The average Bonchev–Trinajstić information content (AvgIpc) is 2.77. The van der Waals surface area contributed by atoms with Gasteiger partial charge < -0.3 is 4.74 Å². The predicted molar refractivity (Wildman–Crippen MR) is 76.1 cm³/mol. The van der Waals surface area contributed by atoms with Crippen LogP contribution in [0.15, 0.2) is 22.7 Å². The zero-order valence-corrected chi connectivity index (χ0v) is 12.5. The normalized spacial score (nSPS) is 23.1. The molecule has 0 aliphatic heterocycles. The minimum absolute atomic E-state index is 0.165. The lowest BCUT2D eigenvalue weighted by atomic mass is 9.89. The first-order valence-corrected chi connectivity index (χ1v) is 7.39. The largest absolute Gasteiger partial charge is 0.493 e.